The van der Waals surface area contributed by atoms with Crippen molar-refractivity contribution in [1.82, 2.24) is 15.1 Å². The molecule has 0 saturated carbocycles. The summed E-state index contributed by atoms with van der Waals surface area (Å²) < 4.78 is 5.13. The lowest BCUT2D eigenvalue weighted by Gasteiger charge is -2.34. The topological polar surface area (TPSA) is 98.7 Å². The first kappa shape index (κ1) is 16.5. The first-order valence-corrected chi connectivity index (χ1v) is 7.90. The molecule has 7 nitrogen and oxygen atoms in total. The summed E-state index contributed by atoms with van der Waals surface area (Å²) in [6.07, 6.45) is -0.111. The molecule has 0 spiro atoms. The summed E-state index contributed by atoms with van der Waals surface area (Å²) >= 11 is 0. The van der Waals surface area contributed by atoms with Crippen LogP contribution in [0.25, 0.3) is 11.3 Å². The van der Waals surface area contributed by atoms with Gasteiger partial charge in [-0.3, -0.25) is 9.89 Å². The van der Waals surface area contributed by atoms with Crippen molar-refractivity contribution in [1.29, 1.82) is 0 Å². The highest BCUT2D eigenvalue weighted by Gasteiger charge is 2.30. The number of methoxy groups -OCH3 is 1. The standard InChI is InChI=1S/C17H21N3O4/c1-24-13-4-2-11(3-5-13)14-8-15(19-18-14)17(23)20-7-6-12(10-21)16(22)9-20/h2-5,8,12,16,21-22H,6-7,9-10H2,1H3,(H,18,19)/t12-,16-/m1/s1. The van der Waals surface area contributed by atoms with Gasteiger partial charge in [0.25, 0.3) is 5.91 Å². The molecule has 24 heavy (non-hydrogen) atoms. The van der Waals surface area contributed by atoms with Gasteiger partial charge in [-0.25, -0.2) is 0 Å². The predicted octanol–water partition coefficient (Wildman–Crippen LogP) is 0.901. The van der Waals surface area contributed by atoms with E-state index in [-0.39, 0.29) is 25.0 Å². The number of ether oxygens (including phenoxy) is 1. The number of hydrogen-bond donors (Lipinski definition) is 3. The summed E-state index contributed by atoms with van der Waals surface area (Å²) in [5.74, 6) is 0.398. The monoisotopic (exact) mass is 331 g/mol. The van der Waals surface area contributed by atoms with Crippen LogP contribution in [0.3, 0.4) is 0 Å². The van der Waals surface area contributed by atoms with Crippen LogP contribution < -0.4 is 4.74 Å². The van der Waals surface area contributed by atoms with Crippen LogP contribution in [0.4, 0.5) is 0 Å². The van der Waals surface area contributed by atoms with E-state index in [1.54, 1.807) is 18.1 Å². The fourth-order valence-corrected chi connectivity index (χ4v) is 2.89. The van der Waals surface area contributed by atoms with Gasteiger partial charge in [-0.05, 0) is 36.8 Å². The van der Waals surface area contributed by atoms with Crippen LogP contribution in [0.2, 0.25) is 0 Å². The zero-order chi connectivity index (χ0) is 17.1. The molecule has 128 valence electrons. The highest BCUT2D eigenvalue weighted by atomic mass is 16.5. The highest BCUT2D eigenvalue weighted by molar-refractivity contribution is 5.93. The van der Waals surface area contributed by atoms with Gasteiger partial charge < -0.3 is 19.8 Å². The number of nitrogens with zero attached hydrogens (tertiary/aromatic N) is 2. The van der Waals surface area contributed by atoms with Crippen LogP contribution in [0.15, 0.2) is 30.3 Å². The van der Waals surface area contributed by atoms with E-state index in [2.05, 4.69) is 10.2 Å². The number of carbonyl (C=O) groups is 1. The summed E-state index contributed by atoms with van der Waals surface area (Å²) in [5, 5.41) is 26.1. The van der Waals surface area contributed by atoms with Gasteiger partial charge in [-0.15, -0.1) is 0 Å². The Morgan fingerprint density at radius 3 is 2.79 bits per heavy atom. The molecule has 2 aromatic rings. The zero-order valence-electron chi connectivity index (χ0n) is 13.5. The smallest absolute Gasteiger partial charge is 0.271 e. The molecule has 1 amide bonds. The number of aromatic amines is 1. The van der Waals surface area contributed by atoms with Gasteiger partial charge in [0, 0.05) is 31.2 Å². The lowest BCUT2D eigenvalue weighted by Crippen LogP contribution is -2.47. The second-order valence-corrected chi connectivity index (χ2v) is 5.95. The molecule has 2 heterocycles. The Kier molecular flexibility index (Phi) is 4.82. The highest BCUT2D eigenvalue weighted by Crippen LogP contribution is 2.23. The summed E-state index contributed by atoms with van der Waals surface area (Å²) in [6, 6.07) is 9.12. The number of piperidine rings is 1. The van der Waals surface area contributed by atoms with Crippen LogP contribution in [0.1, 0.15) is 16.9 Å². The SMILES string of the molecule is COc1ccc(-c2cc(C(=O)N3CC[C@H](CO)[C@H](O)C3)[nH]n2)cc1. The summed E-state index contributed by atoms with van der Waals surface area (Å²) in [7, 11) is 1.61. The number of likely N-dealkylation sites (tertiary alicyclic amines) is 1. The van der Waals surface area contributed by atoms with Crippen molar-refractivity contribution in [3.8, 4) is 17.0 Å². The third kappa shape index (κ3) is 3.27. The molecule has 0 bridgehead atoms. The van der Waals surface area contributed by atoms with Gasteiger partial charge in [0.15, 0.2) is 0 Å². The van der Waals surface area contributed by atoms with Crippen LogP contribution >= 0.6 is 0 Å². The minimum atomic E-state index is -0.698. The molecule has 0 aliphatic carbocycles. The summed E-state index contributed by atoms with van der Waals surface area (Å²) in [5.41, 5.74) is 1.94. The maximum atomic E-state index is 12.5. The number of carbonyl (C=O) groups excluding carboxylic acids is 1. The second-order valence-electron chi connectivity index (χ2n) is 5.95. The van der Waals surface area contributed by atoms with Crippen LogP contribution in [0.5, 0.6) is 5.75 Å². The Morgan fingerprint density at radius 2 is 2.17 bits per heavy atom. The first-order chi connectivity index (χ1) is 11.6. The van der Waals surface area contributed by atoms with E-state index in [0.29, 0.717) is 24.4 Å². The molecule has 1 aromatic heterocycles. The van der Waals surface area contributed by atoms with Gasteiger partial charge in [-0.2, -0.15) is 5.10 Å². The van der Waals surface area contributed by atoms with Gasteiger partial charge in [0.05, 0.1) is 18.9 Å². The molecule has 3 N–H and O–H groups in total. The molecule has 1 fully saturated rings. The van der Waals surface area contributed by atoms with Gasteiger partial charge >= 0.3 is 0 Å². The molecule has 1 saturated heterocycles. The number of amides is 1. The van der Waals surface area contributed by atoms with Gasteiger partial charge in [0.1, 0.15) is 11.4 Å². The lowest BCUT2D eigenvalue weighted by molar-refractivity contribution is 0.000657. The molecular formula is C17H21N3O4. The number of aliphatic hydroxyl groups excluding tert-OH is 2. The number of β-amino-alcohol motifs (C(OH)–C–C–N with tert-alkyl or cyclic N) is 1. The third-order valence-corrected chi connectivity index (χ3v) is 4.44. The van der Waals surface area contributed by atoms with E-state index in [9.17, 15) is 15.0 Å². The van der Waals surface area contributed by atoms with Gasteiger partial charge in [-0.1, -0.05) is 0 Å². The zero-order valence-corrected chi connectivity index (χ0v) is 13.5. The Bertz CT molecular complexity index is 698. The molecule has 0 unspecified atom stereocenters. The fourth-order valence-electron chi connectivity index (χ4n) is 2.89. The maximum Gasteiger partial charge on any atom is 0.271 e. The van der Waals surface area contributed by atoms with Crippen LogP contribution in [-0.4, -0.2) is 64.1 Å². The Labute approximate surface area is 139 Å². The van der Waals surface area contributed by atoms with E-state index in [4.69, 9.17) is 4.74 Å². The molecule has 1 aliphatic heterocycles. The van der Waals surface area contributed by atoms with E-state index >= 15 is 0 Å². The minimum absolute atomic E-state index is 0.0606. The second kappa shape index (κ2) is 7.02. The average molecular weight is 331 g/mol. The van der Waals surface area contributed by atoms with Crippen molar-refractivity contribution >= 4 is 5.91 Å². The van der Waals surface area contributed by atoms with E-state index in [0.717, 1.165) is 11.3 Å². The van der Waals surface area contributed by atoms with E-state index in [1.165, 1.54) is 0 Å². The predicted molar refractivity (Wildman–Crippen MR) is 87.7 cm³/mol. The Morgan fingerprint density at radius 1 is 1.42 bits per heavy atom. The lowest BCUT2D eigenvalue weighted by atomic mass is 9.94. The number of nitrogens with one attached hydrogen (secondary N) is 1. The molecule has 0 radical (unpaired) electrons. The molecule has 7 heteroatoms. The van der Waals surface area contributed by atoms with Crippen molar-refractivity contribution in [2.45, 2.75) is 12.5 Å². The van der Waals surface area contributed by atoms with Crippen molar-refractivity contribution in [3.05, 3.63) is 36.0 Å². The van der Waals surface area contributed by atoms with E-state index in [1.807, 2.05) is 24.3 Å². The number of H-pyrrole nitrogens is 1. The van der Waals surface area contributed by atoms with Crippen molar-refractivity contribution in [3.63, 3.8) is 0 Å². The quantitative estimate of drug-likeness (QED) is 0.773. The number of hydrogen-bond acceptors (Lipinski definition) is 5. The molecule has 1 aromatic carbocycles. The summed E-state index contributed by atoms with van der Waals surface area (Å²) in [4.78, 5) is 14.1. The number of rotatable bonds is 4. The number of aromatic nitrogens is 2. The van der Waals surface area contributed by atoms with E-state index < -0.39 is 6.10 Å². The summed E-state index contributed by atoms with van der Waals surface area (Å²) in [6.45, 7) is 0.674. The molecule has 3 rings (SSSR count). The Hall–Kier alpha value is -2.38. The average Bonchev–Trinajstić information content (AvgIpc) is 3.11. The maximum absolute atomic E-state index is 12.5. The number of aliphatic hydroxyl groups is 2. The molecule has 1 aliphatic rings. The van der Waals surface area contributed by atoms with Crippen LogP contribution in [-0.2, 0) is 0 Å². The molecule has 2 atom stereocenters. The normalized spacial score (nSPS) is 20.9. The largest absolute Gasteiger partial charge is 0.497 e. The van der Waals surface area contributed by atoms with Gasteiger partial charge in [0.2, 0.25) is 0 Å². The molecular weight excluding hydrogens is 310 g/mol. The third-order valence-electron chi connectivity index (χ3n) is 4.44. The number of benzene rings is 1. The van der Waals surface area contributed by atoms with Crippen molar-refractivity contribution in [2.75, 3.05) is 26.8 Å². The van der Waals surface area contributed by atoms with Crippen molar-refractivity contribution < 1.29 is 19.7 Å². The minimum Gasteiger partial charge on any atom is -0.497 e. The first-order valence-electron chi connectivity index (χ1n) is 7.90. The van der Waals surface area contributed by atoms with Crippen molar-refractivity contribution in [2.24, 2.45) is 5.92 Å². The Balaban J connectivity index is 1.71. The fraction of sp³-hybridized carbons (Fsp3) is 0.412. The van der Waals surface area contributed by atoms with Crippen LogP contribution in [0, 0.1) is 5.92 Å².